The van der Waals surface area contributed by atoms with E-state index in [9.17, 15) is 9.59 Å². The number of carbonyl (C=O) groups is 1. The van der Waals surface area contributed by atoms with Crippen LogP contribution in [0.3, 0.4) is 0 Å². The SMILES string of the molecule is Cc1cc(CCc2c[nH]c3ccccc23)oc(=O)c1C(=O)N(C)C(C)C(C)(C)C. The predicted octanol–water partition coefficient (Wildman–Crippen LogP) is 4.72. The molecule has 0 saturated carbocycles. The molecule has 3 rings (SSSR count). The minimum Gasteiger partial charge on any atom is -0.427 e. The summed E-state index contributed by atoms with van der Waals surface area (Å²) in [4.78, 5) is 30.5. The molecule has 5 nitrogen and oxygen atoms in total. The van der Waals surface area contributed by atoms with Gasteiger partial charge in [-0.25, -0.2) is 4.79 Å². The zero-order valence-corrected chi connectivity index (χ0v) is 18.1. The van der Waals surface area contributed by atoms with Crippen LogP contribution in [0.4, 0.5) is 0 Å². The second kappa shape index (κ2) is 7.90. The van der Waals surface area contributed by atoms with Crippen LogP contribution in [0, 0.1) is 12.3 Å². The molecule has 0 radical (unpaired) electrons. The Morgan fingerprint density at radius 3 is 2.55 bits per heavy atom. The summed E-state index contributed by atoms with van der Waals surface area (Å²) >= 11 is 0. The average Bonchev–Trinajstić information content (AvgIpc) is 3.07. The summed E-state index contributed by atoms with van der Waals surface area (Å²) < 4.78 is 5.52. The van der Waals surface area contributed by atoms with Crippen LogP contribution in [0.2, 0.25) is 0 Å². The molecule has 1 aromatic carbocycles. The normalized spacial score (nSPS) is 12.9. The number of hydrogen-bond donors (Lipinski definition) is 1. The van der Waals surface area contributed by atoms with E-state index in [1.54, 1.807) is 18.9 Å². The number of para-hydroxylation sites is 1. The average molecular weight is 395 g/mol. The Morgan fingerprint density at radius 2 is 1.90 bits per heavy atom. The quantitative estimate of drug-likeness (QED) is 0.681. The number of nitrogens with zero attached hydrogens (tertiary/aromatic N) is 1. The van der Waals surface area contributed by atoms with Crippen molar-refractivity contribution in [3.05, 3.63) is 69.4 Å². The van der Waals surface area contributed by atoms with Gasteiger partial charge in [-0.1, -0.05) is 39.0 Å². The number of aromatic amines is 1. The Kier molecular flexibility index (Phi) is 5.69. The summed E-state index contributed by atoms with van der Waals surface area (Å²) in [7, 11) is 1.74. The van der Waals surface area contributed by atoms with Crippen molar-refractivity contribution in [1.82, 2.24) is 9.88 Å². The van der Waals surface area contributed by atoms with Crippen LogP contribution in [0.25, 0.3) is 10.9 Å². The van der Waals surface area contributed by atoms with Crippen molar-refractivity contribution < 1.29 is 9.21 Å². The van der Waals surface area contributed by atoms with Gasteiger partial charge in [0, 0.05) is 36.6 Å². The minimum atomic E-state index is -0.558. The van der Waals surface area contributed by atoms with E-state index >= 15 is 0 Å². The molecule has 0 aliphatic carbocycles. The Balaban J connectivity index is 1.80. The molecular weight excluding hydrogens is 364 g/mol. The van der Waals surface area contributed by atoms with E-state index in [1.165, 1.54) is 10.9 Å². The van der Waals surface area contributed by atoms with Crippen molar-refractivity contribution in [1.29, 1.82) is 0 Å². The second-order valence-corrected chi connectivity index (χ2v) is 8.88. The van der Waals surface area contributed by atoms with E-state index in [0.717, 1.165) is 11.9 Å². The van der Waals surface area contributed by atoms with Crippen LogP contribution in [-0.2, 0) is 12.8 Å². The van der Waals surface area contributed by atoms with E-state index < -0.39 is 5.63 Å². The highest BCUT2D eigenvalue weighted by Gasteiger charge is 2.30. The summed E-state index contributed by atoms with van der Waals surface area (Å²) in [5.74, 6) is 0.308. The van der Waals surface area contributed by atoms with Gasteiger partial charge in [-0.3, -0.25) is 4.79 Å². The minimum absolute atomic E-state index is 0.0182. The summed E-state index contributed by atoms with van der Waals surface area (Å²) in [5.41, 5.74) is 2.42. The van der Waals surface area contributed by atoms with Gasteiger partial charge in [0.05, 0.1) is 0 Å². The molecular formula is C24H30N2O3. The van der Waals surface area contributed by atoms with E-state index in [1.807, 2.05) is 37.4 Å². The van der Waals surface area contributed by atoms with Gasteiger partial charge in [-0.2, -0.15) is 0 Å². The summed E-state index contributed by atoms with van der Waals surface area (Å²) in [6, 6.07) is 9.93. The van der Waals surface area contributed by atoms with Crippen LogP contribution in [0.5, 0.6) is 0 Å². The maximum absolute atomic E-state index is 12.9. The van der Waals surface area contributed by atoms with Gasteiger partial charge in [0.2, 0.25) is 0 Å². The number of H-pyrrole nitrogens is 1. The number of aryl methyl sites for hydroxylation is 3. The van der Waals surface area contributed by atoms with Crippen LogP contribution in [-0.4, -0.2) is 28.9 Å². The van der Waals surface area contributed by atoms with Crippen LogP contribution < -0.4 is 5.63 Å². The third kappa shape index (κ3) is 4.29. The number of fused-ring (bicyclic) bond motifs is 1. The molecule has 0 spiro atoms. The molecule has 1 atom stereocenters. The smallest absolute Gasteiger partial charge is 0.349 e. The molecule has 154 valence electrons. The topological polar surface area (TPSA) is 66.3 Å². The highest BCUT2D eigenvalue weighted by molar-refractivity contribution is 5.95. The number of amides is 1. The summed E-state index contributed by atoms with van der Waals surface area (Å²) in [6.45, 7) is 10.0. The van der Waals surface area contributed by atoms with E-state index in [0.29, 0.717) is 17.7 Å². The van der Waals surface area contributed by atoms with Gasteiger partial charge in [-0.15, -0.1) is 0 Å². The molecule has 3 aromatic rings. The Labute approximate surface area is 171 Å². The molecule has 5 heteroatoms. The molecule has 0 aliphatic heterocycles. The lowest BCUT2D eigenvalue weighted by Crippen LogP contribution is -2.44. The highest BCUT2D eigenvalue weighted by Crippen LogP contribution is 2.25. The van der Waals surface area contributed by atoms with Crippen molar-refractivity contribution >= 4 is 16.8 Å². The maximum atomic E-state index is 12.9. The second-order valence-electron chi connectivity index (χ2n) is 8.88. The summed E-state index contributed by atoms with van der Waals surface area (Å²) in [5, 5.41) is 1.18. The standard InChI is InChI=1S/C24H30N2O3/c1-15-13-18(12-11-17-14-25-20-10-8-7-9-19(17)20)29-23(28)21(15)22(27)26(6)16(2)24(3,4)5/h7-10,13-14,16,25H,11-12H2,1-6H3. The fourth-order valence-electron chi connectivity index (χ4n) is 3.58. The van der Waals surface area contributed by atoms with Crippen molar-refractivity contribution in [2.45, 2.75) is 53.5 Å². The molecule has 29 heavy (non-hydrogen) atoms. The van der Waals surface area contributed by atoms with Gasteiger partial charge < -0.3 is 14.3 Å². The fraction of sp³-hybridized carbons (Fsp3) is 0.417. The molecule has 0 saturated heterocycles. The Morgan fingerprint density at radius 1 is 1.21 bits per heavy atom. The zero-order valence-electron chi connectivity index (χ0n) is 18.1. The van der Waals surface area contributed by atoms with Crippen molar-refractivity contribution in [2.24, 2.45) is 5.41 Å². The number of hydrogen-bond acceptors (Lipinski definition) is 3. The van der Waals surface area contributed by atoms with Gasteiger partial charge in [0.15, 0.2) is 0 Å². The number of nitrogens with one attached hydrogen (secondary N) is 1. The molecule has 0 aliphatic rings. The molecule has 0 fully saturated rings. The molecule has 2 heterocycles. The first-order valence-corrected chi connectivity index (χ1v) is 10.1. The number of carbonyl (C=O) groups excluding carboxylic acids is 1. The first kappa shape index (κ1) is 20.9. The first-order chi connectivity index (χ1) is 13.6. The molecule has 0 bridgehead atoms. The fourth-order valence-corrected chi connectivity index (χ4v) is 3.58. The molecule has 2 aromatic heterocycles. The molecule has 1 N–H and O–H groups in total. The number of rotatable bonds is 5. The summed E-state index contributed by atoms with van der Waals surface area (Å²) in [6.07, 6.45) is 3.34. The maximum Gasteiger partial charge on any atom is 0.349 e. The van der Waals surface area contributed by atoms with Gasteiger partial charge in [0.1, 0.15) is 11.3 Å². The van der Waals surface area contributed by atoms with Crippen molar-refractivity contribution in [2.75, 3.05) is 7.05 Å². The lowest BCUT2D eigenvalue weighted by Gasteiger charge is -2.35. The first-order valence-electron chi connectivity index (χ1n) is 10.1. The number of benzene rings is 1. The molecule has 1 amide bonds. The number of aromatic nitrogens is 1. The van der Waals surface area contributed by atoms with Crippen molar-refractivity contribution in [3.8, 4) is 0 Å². The van der Waals surface area contributed by atoms with Gasteiger partial charge in [-0.05, 0) is 48.9 Å². The van der Waals surface area contributed by atoms with Gasteiger partial charge in [0.25, 0.3) is 5.91 Å². The molecule has 1 unspecified atom stereocenters. The third-order valence-corrected chi connectivity index (χ3v) is 5.88. The van der Waals surface area contributed by atoms with E-state index in [-0.39, 0.29) is 22.9 Å². The van der Waals surface area contributed by atoms with E-state index in [2.05, 4.69) is 31.8 Å². The van der Waals surface area contributed by atoms with Crippen LogP contribution in [0.15, 0.2) is 45.7 Å². The zero-order chi connectivity index (χ0) is 21.3. The van der Waals surface area contributed by atoms with Gasteiger partial charge >= 0.3 is 5.63 Å². The van der Waals surface area contributed by atoms with E-state index in [4.69, 9.17) is 4.42 Å². The third-order valence-electron chi connectivity index (χ3n) is 5.88. The lowest BCUT2D eigenvalue weighted by atomic mass is 9.87. The monoisotopic (exact) mass is 394 g/mol. The largest absolute Gasteiger partial charge is 0.427 e. The lowest BCUT2D eigenvalue weighted by molar-refractivity contribution is 0.0623. The predicted molar refractivity (Wildman–Crippen MR) is 116 cm³/mol. The van der Waals surface area contributed by atoms with Crippen molar-refractivity contribution in [3.63, 3.8) is 0 Å². The highest BCUT2D eigenvalue weighted by atomic mass is 16.4. The Bertz CT molecular complexity index is 1090. The Hall–Kier alpha value is -2.82. The van der Waals surface area contributed by atoms with Crippen LogP contribution >= 0.6 is 0 Å². The van der Waals surface area contributed by atoms with Crippen LogP contribution in [0.1, 0.15) is 54.9 Å².